The van der Waals surface area contributed by atoms with Crippen LogP contribution in [-0.4, -0.2) is 95.6 Å². The summed E-state index contributed by atoms with van der Waals surface area (Å²) >= 11 is 1.64. The minimum Gasteiger partial charge on any atom is -0.385 e. The molecule has 0 aromatic carbocycles. The third-order valence-corrected chi connectivity index (χ3v) is 24.2. The van der Waals surface area contributed by atoms with E-state index in [-0.39, 0.29) is 35.5 Å². The van der Waals surface area contributed by atoms with Crippen LogP contribution in [0.2, 0.25) is 0 Å². The fourth-order valence-corrected chi connectivity index (χ4v) is 18.6. The van der Waals surface area contributed by atoms with Crippen LogP contribution in [0.5, 0.6) is 0 Å². The highest BCUT2D eigenvalue weighted by molar-refractivity contribution is 7.96. The molecule has 0 saturated carbocycles. The predicted molar refractivity (Wildman–Crippen MR) is 310 cm³/mol. The molecule has 0 spiro atoms. The normalized spacial score (nSPS) is 18.9. The molecule has 3 atom stereocenters. The number of unbranched alkanes of at least 4 members (excludes halogenated alkanes) is 20. The van der Waals surface area contributed by atoms with Gasteiger partial charge in [-0.15, -0.1) is 22.7 Å². The molecule has 2 aromatic rings. The van der Waals surface area contributed by atoms with Gasteiger partial charge in [0.15, 0.2) is 9.84 Å². The number of thiophene rings is 2. The summed E-state index contributed by atoms with van der Waals surface area (Å²) in [6.45, 7) is 12.4. The molecule has 424 valence electrons. The van der Waals surface area contributed by atoms with Crippen LogP contribution in [-0.2, 0) is 44.6 Å². The summed E-state index contributed by atoms with van der Waals surface area (Å²) in [5, 5.41) is 6.04. The average molecular weight is 1150 g/mol. The first-order valence-corrected chi connectivity index (χ1v) is 35.4. The molecule has 2 aromatic heterocycles. The number of fused-ring (bicyclic) bond motifs is 2. The molecule has 4 rings (SSSR count). The van der Waals surface area contributed by atoms with Gasteiger partial charge < -0.3 is 15.4 Å². The second-order valence-corrected chi connectivity index (χ2v) is 30.0. The van der Waals surface area contributed by atoms with Crippen molar-refractivity contribution in [3.05, 3.63) is 47.6 Å². The number of sulfone groups is 1. The van der Waals surface area contributed by atoms with Crippen LogP contribution in [0.25, 0.3) is 0 Å². The summed E-state index contributed by atoms with van der Waals surface area (Å²) in [5.41, 5.74) is 1.08. The quantitative estimate of drug-likeness (QED) is 0.0368. The minimum atomic E-state index is -3.95. The fourth-order valence-electron chi connectivity index (χ4n) is 8.95. The zero-order valence-electron chi connectivity index (χ0n) is 45.7. The van der Waals surface area contributed by atoms with Gasteiger partial charge in [0.1, 0.15) is 16.8 Å². The largest absolute Gasteiger partial charge is 0.385 e. The number of likely N-dealkylation sites (N-methyl/N-ethyl adjacent to an activating group) is 1. The Bertz CT molecular complexity index is 2470. The van der Waals surface area contributed by atoms with E-state index in [2.05, 4.69) is 57.6 Å². The number of hydrogen-bond donors (Lipinski definition) is 2. The second kappa shape index (κ2) is 36.1. The molecular weight excluding hydrogens is 1060 g/mol. The van der Waals surface area contributed by atoms with E-state index in [4.69, 9.17) is 4.74 Å². The highest BCUT2D eigenvalue weighted by Crippen LogP contribution is 2.44. The van der Waals surface area contributed by atoms with Crippen molar-refractivity contribution in [3.63, 3.8) is 0 Å². The van der Waals surface area contributed by atoms with Crippen LogP contribution < -0.4 is 10.6 Å². The topological polar surface area (TPSA) is 198 Å². The minimum absolute atomic E-state index is 0.0118. The first-order chi connectivity index (χ1) is 35.5. The summed E-state index contributed by atoms with van der Waals surface area (Å²) in [4.78, 5) is 0. The lowest BCUT2D eigenvalue weighted by Crippen LogP contribution is -2.43. The van der Waals surface area contributed by atoms with E-state index in [1.165, 1.54) is 119 Å². The lowest BCUT2D eigenvalue weighted by Gasteiger charge is -2.32. The van der Waals surface area contributed by atoms with Crippen molar-refractivity contribution in [2.45, 2.75) is 236 Å². The van der Waals surface area contributed by atoms with Gasteiger partial charge in [-0.05, 0) is 122 Å². The number of hydrogen-bond acceptors (Lipinski definition) is 13. The first-order valence-electron chi connectivity index (χ1n) is 27.9. The molecule has 20 heteroatoms. The summed E-state index contributed by atoms with van der Waals surface area (Å²) in [5.74, 6) is 0. The van der Waals surface area contributed by atoms with E-state index in [0.29, 0.717) is 63.1 Å². The summed E-state index contributed by atoms with van der Waals surface area (Å²) in [7, 11) is -13.5. The molecular formula is C54H93N5O9S6. The van der Waals surface area contributed by atoms with E-state index in [1.807, 2.05) is 13.8 Å². The summed E-state index contributed by atoms with van der Waals surface area (Å²) in [6.07, 6.45) is 40.4. The number of allylic oxidation sites excluding steroid dienone is 4. The molecule has 0 aliphatic carbocycles. The third kappa shape index (κ3) is 22.7. The number of ether oxygens (including phenoxy) is 1. The maximum Gasteiger partial charge on any atom is 0.291 e. The van der Waals surface area contributed by atoms with Crippen LogP contribution in [0.1, 0.15) is 225 Å². The maximum atomic E-state index is 13.2. The van der Waals surface area contributed by atoms with Gasteiger partial charge in [-0.3, -0.25) is 0 Å². The van der Waals surface area contributed by atoms with Gasteiger partial charge >= 0.3 is 0 Å². The van der Waals surface area contributed by atoms with Crippen molar-refractivity contribution < 1.29 is 38.4 Å². The number of nitrogens with zero attached hydrogens (tertiary/aromatic N) is 3. The average Bonchev–Trinajstić information content (AvgIpc) is 4.05. The van der Waals surface area contributed by atoms with Crippen LogP contribution in [0.3, 0.4) is 0 Å². The van der Waals surface area contributed by atoms with Crippen molar-refractivity contribution in [3.8, 4) is 0 Å². The fraction of sp³-hybridized carbons (Fsp3) is 0.741. The number of sulfonamides is 3. The smallest absolute Gasteiger partial charge is 0.291 e. The Labute approximate surface area is 457 Å². The molecule has 4 heterocycles. The number of methoxy groups -OCH3 is 1. The molecule has 0 bridgehead atoms. The van der Waals surface area contributed by atoms with Gasteiger partial charge in [-0.1, -0.05) is 129 Å². The standard InChI is InChI=1S/C28H49N3O5S3.C26H44N2O4S3/c1-4-6-7-8-9-10-11-12-13-14-15-16-17-18-20-30-38(32,33)27-23-25-26(29-5-2)24-31(21-19-22-36-3)39(34,35)28(25)37-27;1-4-6-7-8-9-10-11-12-13-14-15-16-17-18-19-28-35(31,32)25-21-23-24(27-5-2)20-22(3)34(29,30)26(23)33-25/h10-11,20,23,26,29H,4-9,12-19,21-22,24H2,1-3H3;10-11,19,21-22,24,27H,4-9,12-18,20H2,1-3H3/b11-10+,30-20?;11-10+,28-19?/t26-;22-,24-/m00/s1. The molecule has 0 amide bonds. The van der Waals surface area contributed by atoms with E-state index in [1.54, 1.807) is 14.0 Å². The zero-order chi connectivity index (χ0) is 54.3. The monoisotopic (exact) mass is 1150 g/mol. The molecule has 0 fully saturated rings. The lowest BCUT2D eigenvalue weighted by atomic mass is 10.1. The highest BCUT2D eigenvalue weighted by Gasteiger charge is 2.41. The zero-order valence-corrected chi connectivity index (χ0v) is 50.6. The third-order valence-electron chi connectivity index (χ3n) is 13.3. The molecule has 14 nitrogen and oxygen atoms in total. The summed E-state index contributed by atoms with van der Waals surface area (Å²) in [6, 6.07) is 2.58. The SMILES string of the molecule is CCCCCC/C=C/CCCCCCCC=NS(=O)(=O)c1cc2c(s1)S(=O)(=O)N(CCCOC)C[C@@H]2NCC.CCCCCC/C=C/CCCCCCCC=NS(=O)(=O)c1cc2c(s1)S(=O)(=O)[C@@H](C)C[C@@H]2NCC. The van der Waals surface area contributed by atoms with Crippen LogP contribution >= 0.6 is 22.7 Å². The Hall–Kier alpha value is -2.14. The molecule has 74 heavy (non-hydrogen) atoms. The van der Waals surface area contributed by atoms with Crippen LogP contribution in [0, 0.1) is 0 Å². The van der Waals surface area contributed by atoms with Gasteiger partial charge in [0.05, 0.1) is 5.25 Å². The second-order valence-electron chi connectivity index (χ2n) is 19.5. The molecule has 0 unspecified atom stereocenters. The molecule has 0 radical (unpaired) electrons. The van der Waals surface area contributed by atoms with E-state index < -0.39 is 45.2 Å². The van der Waals surface area contributed by atoms with Crippen molar-refractivity contribution in [2.24, 2.45) is 8.80 Å². The van der Waals surface area contributed by atoms with Gasteiger partial charge in [0, 0.05) is 62.4 Å². The molecule has 2 N–H and O–H groups in total. The maximum absolute atomic E-state index is 13.2. The Morgan fingerprint density at radius 2 is 1.00 bits per heavy atom. The Morgan fingerprint density at radius 1 is 0.595 bits per heavy atom. The molecule has 2 aliphatic heterocycles. The van der Waals surface area contributed by atoms with Gasteiger partial charge in [-0.25, -0.2) is 16.8 Å². The highest BCUT2D eigenvalue weighted by atomic mass is 32.3. The predicted octanol–water partition coefficient (Wildman–Crippen LogP) is 13.4. The van der Waals surface area contributed by atoms with Crippen molar-refractivity contribution in [2.75, 3.05) is 39.9 Å². The summed E-state index contributed by atoms with van der Waals surface area (Å²) < 4.78 is 118. The van der Waals surface area contributed by atoms with Crippen molar-refractivity contribution in [1.82, 2.24) is 14.9 Å². The van der Waals surface area contributed by atoms with Crippen LogP contribution in [0.4, 0.5) is 0 Å². The number of rotatable bonds is 38. The molecule has 2 aliphatic rings. The molecule has 0 saturated heterocycles. The van der Waals surface area contributed by atoms with E-state index >= 15 is 0 Å². The van der Waals surface area contributed by atoms with Gasteiger partial charge in [0.25, 0.3) is 30.1 Å². The van der Waals surface area contributed by atoms with E-state index in [0.717, 1.165) is 74.0 Å². The Morgan fingerprint density at radius 3 is 1.45 bits per heavy atom. The van der Waals surface area contributed by atoms with E-state index in [9.17, 15) is 33.7 Å². The Balaban J connectivity index is 0.000000393. The van der Waals surface area contributed by atoms with Crippen molar-refractivity contribution in [1.29, 1.82) is 0 Å². The van der Waals surface area contributed by atoms with Crippen LogP contribution in [0.15, 0.2) is 62.1 Å². The first kappa shape index (κ1) is 66.1. The van der Waals surface area contributed by atoms with Gasteiger partial charge in [-0.2, -0.15) is 29.9 Å². The number of nitrogens with one attached hydrogen (secondary N) is 2. The van der Waals surface area contributed by atoms with Gasteiger partial charge in [0.2, 0.25) is 0 Å². The Kier molecular flexibility index (Phi) is 32.3. The van der Waals surface area contributed by atoms with Crippen molar-refractivity contribution >= 4 is 75.0 Å². The lowest BCUT2D eigenvalue weighted by molar-refractivity contribution is 0.185.